The molecule has 0 spiro atoms. The lowest BCUT2D eigenvalue weighted by Crippen LogP contribution is -2.47. The maximum absolute atomic E-state index is 11.7. The summed E-state index contributed by atoms with van der Waals surface area (Å²) in [5, 5.41) is 3.20. The summed E-state index contributed by atoms with van der Waals surface area (Å²) < 4.78 is 5.35. The molecule has 1 aromatic heterocycles. The van der Waals surface area contributed by atoms with Gasteiger partial charge < -0.3 is 15.0 Å². The van der Waals surface area contributed by atoms with Crippen molar-refractivity contribution >= 4 is 5.91 Å². The summed E-state index contributed by atoms with van der Waals surface area (Å²) in [5.41, 5.74) is 0. The largest absolute Gasteiger partial charge is 0.482 e. The number of rotatable bonds is 3. The first-order chi connectivity index (χ1) is 7.86. The van der Waals surface area contributed by atoms with E-state index in [0.29, 0.717) is 5.75 Å². The second-order valence-corrected chi connectivity index (χ2v) is 3.61. The van der Waals surface area contributed by atoms with Gasteiger partial charge in [0, 0.05) is 32.4 Å². The van der Waals surface area contributed by atoms with Gasteiger partial charge in [-0.25, -0.2) is 0 Å². The highest BCUT2D eigenvalue weighted by Crippen LogP contribution is 2.06. The molecule has 1 amide bonds. The quantitative estimate of drug-likeness (QED) is 0.774. The summed E-state index contributed by atoms with van der Waals surface area (Å²) >= 11 is 0. The molecule has 0 unspecified atom stereocenters. The average Bonchev–Trinajstić information content (AvgIpc) is 2.38. The fraction of sp³-hybridized carbons (Fsp3) is 0.455. The van der Waals surface area contributed by atoms with Gasteiger partial charge in [-0.05, 0) is 12.1 Å². The number of hydrogen-bond acceptors (Lipinski definition) is 4. The van der Waals surface area contributed by atoms with Crippen molar-refractivity contribution in [3.05, 3.63) is 24.5 Å². The van der Waals surface area contributed by atoms with Crippen molar-refractivity contribution in [2.45, 2.75) is 0 Å². The van der Waals surface area contributed by atoms with Crippen molar-refractivity contribution in [2.24, 2.45) is 0 Å². The predicted octanol–water partition coefficient (Wildman–Crippen LogP) is -0.108. The van der Waals surface area contributed by atoms with Crippen molar-refractivity contribution in [1.82, 2.24) is 15.2 Å². The van der Waals surface area contributed by atoms with Gasteiger partial charge in [-0.15, -0.1) is 0 Å². The molecular weight excluding hydrogens is 206 g/mol. The molecule has 0 saturated carbocycles. The number of nitrogens with zero attached hydrogens (tertiary/aromatic N) is 2. The van der Waals surface area contributed by atoms with Crippen molar-refractivity contribution in [3.63, 3.8) is 0 Å². The maximum Gasteiger partial charge on any atom is 0.260 e. The number of piperazine rings is 1. The summed E-state index contributed by atoms with van der Waals surface area (Å²) in [7, 11) is 0. The van der Waals surface area contributed by atoms with Gasteiger partial charge in [0.1, 0.15) is 5.75 Å². The smallest absolute Gasteiger partial charge is 0.260 e. The predicted molar refractivity (Wildman–Crippen MR) is 59.2 cm³/mol. The van der Waals surface area contributed by atoms with Crippen LogP contribution in [0.25, 0.3) is 0 Å². The van der Waals surface area contributed by atoms with Crippen molar-refractivity contribution < 1.29 is 9.53 Å². The van der Waals surface area contributed by atoms with E-state index in [0.717, 1.165) is 26.2 Å². The second-order valence-electron chi connectivity index (χ2n) is 3.61. The zero-order valence-corrected chi connectivity index (χ0v) is 9.06. The Morgan fingerprint density at radius 3 is 3.00 bits per heavy atom. The summed E-state index contributed by atoms with van der Waals surface area (Å²) in [6, 6.07) is 3.57. The molecule has 2 heterocycles. The van der Waals surface area contributed by atoms with Crippen molar-refractivity contribution in [1.29, 1.82) is 0 Å². The maximum atomic E-state index is 11.7. The van der Waals surface area contributed by atoms with E-state index >= 15 is 0 Å². The van der Waals surface area contributed by atoms with E-state index in [2.05, 4.69) is 10.3 Å². The first kappa shape index (κ1) is 10.9. The molecule has 0 radical (unpaired) electrons. The van der Waals surface area contributed by atoms with E-state index in [9.17, 15) is 4.79 Å². The molecule has 0 aromatic carbocycles. The van der Waals surface area contributed by atoms with Crippen LogP contribution in [0.2, 0.25) is 0 Å². The first-order valence-corrected chi connectivity index (χ1v) is 5.37. The third-order valence-electron chi connectivity index (χ3n) is 2.47. The van der Waals surface area contributed by atoms with Crippen LogP contribution in [0.3, 0.4) is 0 Å². The molecule has 1 aliphatic heterocycles. The summed E-state index contributed by atoms with van der Waals surface area (Å²) in [6.45, 7) is 3.33. The fourth-order valence-electron chi connectivity index (χ4n) is 1.58. The minimum Gasteiger partial charge on any atom is -0.482 e. The highest BCUT2D eigenvalue weighted by Gasteiger charge is 2.16. The van der Waals surface area contributed by atoms with Gasteiger partial charge in [-0.3, -0.25) is 9.78 Å². The second kappa shape index (κ2) is 5.46. The van der Waals surface area contributed by atoms with Gasteiger partial charge in [-0.2, -0.15) is 0 Å². The lowest BCUT2D eigenvalue weighted by molar-refractivity contribution is -0.133. The van der Waals surface area contributed by atoms with Crippen LogP contribution in [0.4, 0.5) is 0 Å². The van der Waals surface area contributed by atoms with E-state index in [-0.39, 0.29) is 12.5 Å². The Hall–Kier alpha value is -1.62. The SMILES string of the molecule is O=C(COc1cccnc1)N1CCNCC1. The molecule has 2 rings (SSSR count). The minimum atomic E-state index is 0.0327. The van der Waals surface area contributed by atoms with Gasteiger partial charge in [0.2, 0.25) is 0 Å². The van der Waals surface area contributed by atoms with Crippen LogP contribution in [-0.2, 0) is 4.79 Å². The monoisotopic (exact) mass is 221 g/mol. The molecule has 1 aromatic rings. The van der Waals surface area contributed by atoms with E-state index in [1.807, 2.05) is 4.90 Å². The highest BCUT2D eigenvalue weighted by molar-refractivity contribution is 5.77. The van der Waals surface area contributed by atoms with Crippen LogP contribution in [0.1, 0.15) is 0 Å². The molecule has 5 heteroatoms. The number of aromatic nitrogens is 1. The van der Waals surface area contributed by atoms with Gasteiger partial charge in [0.05, 0.1) is 6.20 Å². The third-order valence-corrected chi connectivity index (χ3v) is 2.47. The zero-order chi connectivity index (χ0) is 11.2. The minimum absolute atomic E-state index is 0.0327. The van der Waals surface area contributed by atoms with Crippen LogP contribution in [0, 0.1) is 0 Å². The number of hydrogen-bond donors (Lipinski definition) is 1. The van der Waals surface area contributed by atoms with E-state index in [1.165, 1.54) is 0 Å². The lowest BCUT2D eigenvalue weighted by Gasteiger charge is -2.27. The fourth-order valence-corrected chi connectivity index (χ4v) is 1.58. The molecular formula is C11H15N3O2. The Labute approximate surface area is 94.4 Å². The lowest BCUT2D eigenvalue weighted by atomic mass is 10.3. The molecule has 1 fully saturated rings. The molecule has 0 aliphatic carbocycles. The summed E-state index contributed by atoms with van der Waals surface area (Å²) in [5.74, 6) is 0.663. The summed E-state index contributed by atoms with van der Waals surface area (Å²) in [4.78, 5) is 17.5. The van der Waals surface area contributed by atoms with E-state index in [4.69, 9.17) is 4.74 Å². The number of ether oxygens (including phenoxy) is 1. The van der Waals surface area contributed by atoms with Crippen LogP contribution in [-0.4, -0.2) is 48.6 Å². The number of carbonyl (C=O) groups is 1. The molecule has 1 N–H and O–H groups in total. The van der Waals surface area contributed by atoms with Crippen LogP contribution >= 0.6 is 0 Å². The molecule has 0 bridgehead atoms. The standard InChI is InChI=1S/C11H15N3O2/c15-11(14-6-4-12-5-7-14)9-16-10-2-1-3-13-8-10/h1-3,8,12H,4-7,9H2. The molecule has 0 atom stereocenters. The topological polar surface area (TPSA) is 54.5 Å². The third kappa shape index (κ3) is 2.93. The Morgan fingerprint density at radius 2 is 2.31 bits per heavy atom. The molecule has 1 aliphatic rings. The number of carbonyl (C=O) groups excluding carboxylic acids is 1. The van der Waals surface area contributed by atoms with Crippen molar-refractivity contribution in [2.75, 3.05) is 32.8 Å². The van der Waals surface area contributed by atoms with Gasteiger partial charge >= 0.3 is 0 Å². The summed E-state index contributed by atoms with van der Waals surface area (Å²) in [6.07, 6.45) is 3.27. The van der Waals surface area contributed by atoms with E-state index in [1.54, 1.807) is 24.5 Å². The number of nitrogens with one attached hydrogen (secondary N) is 1. The van der Waals surface area contributed by atoms with Crippen LogP contribution < -0.4 is 10.1 Å². The highest BCUT2D eigenvalue weighted by atomic mass is 16.5. The van der Waals surface area contributed by atoms with Crippen molar-refractivity contribution in [3.8, 4) is 5.75 Å². The number of pyridine rings is 1. The first-order valence-electron chi connectivity index (χ1n) is 5.37. The van der Waals surface area contributed by atoms with Gasteiger partial charge in [0.15, 0.2) is 6.61 Å². The van der Waals surface area contributed by atoms with Crippen LogP contribution in [0.5, 0.6) is 5.75 Å². The Balaban J connectivity index is 1.79. The van der Waals surface area contributed by atoms with Crippen LogP contribution in [0.15, 0.2) is 24.5 Å². The Morgan fingerprint density at radius 1 is 1.50 bits per heavy atom. The zero-order valence-electron chi connectivity index (χ0n) is 9.06. The molecule has 5 nitrogen and oxygen atoms in total. The van der Waals surface area contributed by atoms with Gasteiger partial charge in [-0.1, -0.05) is 0 Å². The molecule has 86 valence electrons. The molecule has 1 saturated heterocycles. The Bertz CT molecular complexity index is 336. The Kier molecular flexibility index (Phi) is 3.71. The van der Waals surface area contributed by atoms with Gasteiger partial charge in [0.25, 0.3) is 5.91 Å². The van der Waals surface area contributed by atoms with E-state index < -0.39 is 0 Å². The normalized spacial score (nSPS) is 15.9. The number of amides is 1. The average molecular weight is 221 g/mol. The molecule has 16 heavy (non-hydrogen) atoms.